The summed E-state index contributed by atoms with van der Waals surface area (Å²) < 4.78 is 0. The van der Waals surface area contributed by atoms with Gasteiger partial charge in [0.05, 0.1) is 0 Å². The Morgan fingerprint density at radius 3 is 1.25 bits per heavy atom. The summed E-state index contributed by atoms with van der Waals surface area (Å²) in [5.74, 6) is 0. The first kappa shape index (κ1) is 10.3. The van der Waals surface area contributed by atoms with Gasteiger partial charge in [-0.15, -0.1) is 0 Å². The summed E-state index contributed by atoms with van der Waals surface area (Å²) >= 11 is 4.85. The van der Waals surface area contributed by atoms with Crippen molar-refractivity contribution in [3.63, 3.8) is 0 Å². The van der Waals surface area contributed by atoms with Gasteiger partial charge in [0.25, 0.3) is 0 Å². The normalized spacial score (nSPS) is 2.50. The fourth-order valence-electron chi connectivity index (χ4n) is 0. The second-order valence-corrected chi connectivity index (χ2v) is 39.9. The van der Waals surface area contributed by atoms with E-state index in [1.165, 1.54) is 0 Å². The zero-order valence-electron chi connectivity index (χ0n) is 2.17. The van der Waals surface area contributed by atoms with E-state index in [0.29, 0.717) is 0 Å². The van der Waals surface area contributed by atoms with E-state index in [2.05, 4.69) is 35.3 Å². The van der Waals surface area contributed by atoms with Crippen LogP contribution in [0.25, 0.3) is 0 Å². The van der Waals surface area contributed by atoms with E-state index in [-0.39, 0.29) is 43.2 Å². The molecule has 4 heavy (non-hydrogen) atoms. The van der Waals surface area contributed by atoms with Gasteiger partial charge in [0.15, 0.2) is 0 Å². The summed E-state index contributed by atoms with van der Waals surface area (Å²) in [4.78, 5) is 0. The Kier molecular flexibility index (Phi) is 24.7. The van der Waals surface area contributed by atoms with Crippen LogP contribution in [0.2, 0.25) is 0 Å². The molecule has 0 bridgehead atoms. The molecule has 0 aromatic carbocycles. The molecule has 0 aromatic heterocycles. The molecule has 4 heteroatoms. The Labute approximate surface area is 76.2 Å². The van der Waals surface area contributed by atoms with Gasteiger partial charge < -0.3 is 0 Å². The molecule has 0 saturated heterocycles. The van der Waals surface area contributed by atoms with Crippen LogP contribution in [0.4, 0.5) is 0 Å². The minimum absolute atomic E-state index is 0. The summed E-state index contributed by atoms with van der Waals surface area (Å²) in [5, 5.41) is 0. The number of hydrogen-bond acceptors (Lipinski definition) is 0. The van der Waals surface area contributed by atoms with E-state index in [1.807, 2.05) is 0 Å². The molecule has 0 radical (unpaired) electrons. The van der Waals surface area contributed by atoms with E-state index in [1.54, 1.807) is 0 Å². The first-order valence-corrected chi connectivity index (χ1v) is 31.5. The first-order chi connectivity index (χ1) is 1.41. The van der Waals surface area contributed by atoms with E-state index < -0.39 is 0 Å². The van der Waals surface area contributed by atoms with Crippen molar-refractivity contribution in [1.29, 1.82) is 0 Å². The molecule has 0 atom stereocenters. The zero-order chi connectivity index (χ0) is 2.71. The van der Waals surface area contributed by atoms with Gasteiger partial charge >= 0.3 is 78.5 Å². The Morgan fingerprint density at radius 1 is 1.25 bits per heavy atom. The van der Waals surface area contributed by atoms with Crippen molar-refractivity contribution < 1.29 is 43.2 Å². The van der Waals surface area contributed by atoms with Gasteiger partial charge in [-0.2, -0.15) is 0 Å². The Morgan fingerprint density at radius 2 is 1.25 bits per heavy atom. The summed E-state index contributed by atoms with van der Waals surface area (Å²) in [6, 6.07) is 0. The average molecular weight is 567 g/mol. The van der Waals surface area contributed by atoms with Crippen molar-refractivity contribution >= 4 is 35.3 Å². The Hall–Kier alpha value is 3.32. The molecule has 0 fully saturated rings. The summed E-state index contributed by atoms with van der Waals surface area (Å²) in [5.41, 5.74) is 0. The van der Waals surface area contributed by atoms with E-state index in [4.69, 9.17) is 0 Å². The summed E-state index contributed by atoms with van der Waals surface area (Å²) in [6.45, 7) is 0. The molecule has 0 aliphatic heterocycles. The van der Waals surface area contributed by atoms with Gasteiger partial charge in [-0.1, -0.05) is 0 Å². The van der Waals surface area contributed by atoms with Crippen LogP contribution in [0.1, 0.15) is 0 Å². The molecule has 0 aliphatic carbocycles. The van der Waals surface area contributed by atoms with Gasteiger partial charge in [0, 0.05) is 0 Å². The third-order valence-corrected chi connectivity index (χ3v) is 0. The van der Waals surface area contributed by atoms with Crippen molar-refractivity contribution in [2.24, 2.45) is 0 Å². The van der Waals surface area contributed by atoms with Crippen molar-refractivity contribution in [2.75, 3.05) is 0 Å². The molecule has 0 rings (SSSR count). The van der Waals surface area contributed by atoms with Gasteiger partial charge in [0.2, 0.25) is 0 Å². The van der Waals surface area contributed by atoms with Crippen molar-refractivity contribution in [2.45, 2.75) is 0 Å². The molecule has 0 unspecified atom stereocenters. The quantitative estimate of drug-likeness (QED) is 0.310. The van der Waals surface area contributed by atoms with E-state index in [0.717, 1.165) is 0 Å². The van der Waals surface area contributed by atoms with Crippen molar-refractivity contribution in [3.8, 4) is 0 Å². The molecule has 0 heterocycles. The predicted octanol–water partition coefficient (Wildman–Crippen LogP) is 1.77. The van der Waals surface area contributed by atoms with Gasteiger partial charge in [0.1, 0.15) is 0 Å². The first-order valence-electron chi connectivity index (χ1n) is 0.535. The maximum absolute atomic E-state index is 2.50. The van der Waals surface area contributed by atoms with E-state index >= 15 is 0 Å². The van der Waals surface area contributed by atoms with Crippen LogP contribution in [0.15, 0.2) is 0 Å². The molecule has 16 valence electrons. The minimum atomic E-state index is -0.143. The third kappa shape index (κ3) is 9.01. The number of rotatable bonds is 0. The number of halogens is 2. The second kappa shape index (κ2) is 9.58. The van der Waals surface area contributed by atoms with Crippen LogP contribution in [-0.2, 0) is 43.2 Å². The molecule has 0 amide bonds. The molecule has 0 aliphatic rings. The van der Waals surface area contributed by atoms with Crippen LogP contribution < -0.4 is 0 Å². The SMILES string of the molecule is [Cd+2].[I][Hg][I]. The Bertz CT molecular complexity index is 6.00. The molecular formula is CdHgI2+2. The topological polar surface area (TPSA) is 0 Å². The van der Waals surface area contributed by atoms with Crippen LogP contribution in [0.3, 0.4) is 0 Å². The number of hydrogen-bond donors (Lipinski definition) is 0. The van der Waals surface area contributed by atoms with Crippen molar-refractivity contribution in [3.05, 3.63) is 0 Å². The van der Waals surface area contributed by atoms with Crippen LogP contribution >= 0.6 is 35.3 Å². The molecule has 0 saturated carbocycles. The average Bonchev–Trinajstić information content (AvgIpc) is 0.918. The molecule has 0 aromatic rings. The monoisotopic (exact) mass is 570 g/mol. The van der Waals surface area contributed by atoms with Gasteiger partial charge in [-0.05, 0) is 0 Å². The Balaban J connectivity index is 0. The molecule has 0 N–H and O–H groups in total. The van der Waals surface area contributed by atoms with Crippen molar-refractivity contribution in [1.82, 2.24) is 0 Å². The van der Waals surface area contributed by atoms with Gasteiger partial charge in [-0.3, -0.25) is 0 Å². The van der Waals surface area contributed by atoms with Gasteiger partial charge in [-0.25, -0.2) is 0 Å². The second-order valence-electron chi connectivity index (χ2n) is 0.101. The molecular weight excluding hydrogens is 567 g/mol. The molecule has 0 spiro atoms. The fraction of sp³-hybridized carbons (Fsp3) is 0. The third-order valence-electron chi connectivity index (χ3n) is 0. The van der Waals surface area contributed by atoms with E-state index in [9.17, 15) is 0 Å². The summed E-state index contributed by atoms with van der Waals surface area (Å²) in [6.07, 6.45) is 0. The maximum atomic E-state index is 2.50. The van der Waals surface area contributed by atoms with Crippen LogP contribution in [0.5, 0.6) is 0 Å². The van der Waals surface area contributed by atoms with Crippen LogP contribution in [0, 0.1) is 0 Å². The summed E-state index contributed by atoms with van der Waals surface area (Å²) in [7, 11) is 0. The van der Waals surface area contributed by atoms with Crippen LogP contribution in [-0.4, -0.2) is 0 Å². The predicted molar refractivity (Wildman–Crippen MR) is 28.0 cm³/mol. The molecule has 0 nitrogen and oxygen atoms in total. The fourth-order valence-corrected chi connectivity index (χ4v) is 0. The standard InChI is InChI=1S/Cd.Hg.2HI/h;;2*1H/q2*+2;;/p-2. The zero-order valence-corrected chi connectivity index (χ0v) is 16.0.